The minimum Gasteiger partial charge on any atom is -0.497 e. The molecule has 2 amide bonds. The van der Waals surface area contributed by atoms with E-state index < -0.39 is 5.82 Å². The number of amides is 2. The number of halogens is 1. The summed E-state index contributed by atoms with van der Waals surface area (Å²) in [7, 11) is 3.06. The average Bonchev–Trinajstić information content (AvgIpc) is 2.79. The maximum Gasteiger partial charge on any atom is 0.254 e. The number of nitrogens with zero attached hydrogens (tertiary/aromatic N) is 2. The van der Waals surface area contributed by atoms with Gasteiger partial charge < -0.3 is 14.4 Å². The number of carbonyl (C=O) groups is 2. The number of methoxy groups -OCH3 is 2. The Bertz CT molecular complexity index is 917. The van der Waals surface area contributed by atoms with E-state index in [4.69, 9.17) is 9.47 Å². The standard InChI is InChI=1S/C22H24FN3O4/c1-29-18-11-17(12-19(13-18)30-2)22(28)26-9-7-15(8-10-26)21(27)25-24-14-16-5-3-4-6-20(16)23/h3-6,11-15H,7-10H2,1-2H3,(H,25,27)/b24-14+. The first-order chi connectivity index (χ1) is 14.5. The van der Waals surface area contributed by atoms with Crippen molar-refractivity contribution < 1.29 is 23.5 Å². The highest BCUT2D eigenvalue weighted by Gasteiger charge is 2.28. The van der Waals surface area contributed by atoms with E-state index in [1.165, 1.54) is 26.5 Å². The van der Waals surface area contributed by atoms with Crippen LogP contribution in [0.5, 0.6) is 11.5 Å². The molecular weight excluding hydrogens is 389 g/mol. The summed E-state index contributed by atoms with van der Waals surface area (Å²) in [4.78, 5) is 26.9. The van der Waals surface area contributed by atoms with Gasteiger partial charge in [0.2, 0.25) is 5.91 Å². The largest absolute Gasteiger partial charge is 0.497 e. The molecule has 0 atom stereocenters. The second-order valence-corrected chi connectivity index (χ2v) is 6.92. The van der Waals surface area contributed by atoms with Crippen LogP contribution in [0.25, 0.3) is 0 Å². The number of hydrogen-bond donors (Lipinski definition) is 1. The molecule has 0 bridgehead atoms. The summed E-state index contributed by atoms with van der Waals surface area (Å²) in [5, 5.41) is 3.84. The zero-order valence-electron chi connectivity index (χ0n) is 16.9. The van der Waals surface area contributed by atoms with Crippen molar-refractivity contribution in [1.82, 2.24) is 10.3 Å². The summed E-state index contributed by atoms with van der Waals surface area (Å²) >= 11 is 0. The second kappa shape index (κ2) is 9.87. The molecule has 3 rings (SSSR count). The monoisotopic (exact) mass is 413 g/mol. The number of ether oxygens (including phenoxy) is 2. The van der Waals surface area contributed by atoms with Crippen molar-refractivity contribution >= 4 is 18.0 Å². The van der Waals surface area contributed by atoms with Crippen LogP contribution in [-0.4, -0.2) is 50.2 Å². The molecule has 0 saturated carbocycles. The SMILES string of the molecule is COc1cc(OC)cc(C(=O)N2CCC(C(=O)N/N=C/c3ccccc3F)CC2)c1. The van der Waals surface area contributed by atoms with Gasteiger partial charge in [-0.05, 0) is 31.0 Å². The van der Waals surface area contributed by atoms with Crippen molar-refractivity contribution in [3.05, 3.63) is 59.4 Å². The summed E-state index contributed by atoms with van der Waals surface area (Å²) in [6, 6.07) is 11.2. The quantitative estimate of drug-likeness (QED) is 0.583. The Labute approximate surface area is 174 Å². The third-order valence-corrected chi connectivity index (χ3v) is 5.03. The van der Waals surface area contributed by atoms with Crippen molar-refractivity contribution in [2.24, 2.45) is 11.0 Å². The van der Waals surface area contributed by atoms with Crippen LogP contribution in [0.2, 0.25) is 0 Å². The van der Waals surface area contributed by atoms with Gasteiger partial charge in [-0.1, -0.05) is 18.2 Å². The highest BCUT2D eigenvalue weighted by atomic mass is 19.1. The van der Waals surface area contributed by atoms with Crippen molar-refractivity contribution in [3.63, 3.8) is 0 Å². The zero-order chi connectivity index (χ0) is 21.5. The molecule has 0 aromatic heterocycles. The van der Waals surface area contributed by atoms with Crippen LogP contribution in [0, 0.1) is 11.7 Å². The summed E-state index contributed by atoms with van der Waals surface area (Å²) in [5.41, 5.74) is 3.23. The maximum absolute atomic E-state index is 13.6. The number of rotatable bonds is 6. The molecule has 2 aromatic carbocycles. The molecule has 1 aliphatic rings. The van der Waals surface area contributed by atoms with Gasteiger partial charge in [0.05, 0.1) is 20.4 Å². The van der Waals surface area contributed by atoms with Crippen LogP contribution >= 0.6 is 0 Å². The van der Waals surface area contributed by atoms with E-state index in [0.29, 0.717) is 48.6 Å². The number of carbonyl (C=O) groups excluding carboxylic acids is 2. The van der Waals surface area contributed by atoms with Gasteiger partial charge in [0.15, 0.2) is 0 Å². The molecule has 0 radical (unpaired) electrons. The smallest absolute Gasteiger partial charge is 0.254 e. The minimum absolute atomic E-state index is 0.136. The summed E-state index contributed by atoms with van der Waals surface area (Å²) in [6.07, 6.45) is 2.32. The lowest BCUT2D eigenvalue weighted by molar-refractivity contribution is -0.126. The van der Waals surface area contributed by atoms with Gasteiger partial charge in [0.25, 0.3) is 5.91 Å². The van der Waals surface area contributed by atoms with Crippen LogP contribution < -0.4 is 14.9 Å². The second-order valence-electron chi connectivity index (χ2n) is 6.92. The van der Waals surface area contributed by atoms with Gasteiger partial charge in [-0.2, -0.15) is 5.10 Å². The van der Waals surface area contributed by atoms with Crippen molar-refractivity contribution in [3.8, 4) is 11.5 Å². The van der Waals surface area contributed by atoms with E-state index in [0.717, 1.165) is 0 Å². The van der Waals surface area contributed by atoms with Gasteiger partial charge in [-0.3, -0.25) is 9.59 Å². The Morgan fingerprint density at radius 2 is 1.73 bits per heavy atom. The van der Waals surface area contributed by atoms with Crippen LogP contribution in [0.3, 0.4) is 0 Å². The molecule has 7 nitrogen and oxygen atoms in total. The molecule has 0 aliphatic carbocycles. The number of hydrogen-bond acceptors (Lipinski definition) is 5. The summed E-state index contributed by atoms with van der Waals surface area (Å²) < 4.78 is 24.0. The Morgan fingerprint density at radius 3 is 2.33 bits per heavy atom. The van der Waals surface area contributed by atoms with Crippen molar-refractivity contribution in [2.75, 3.05) is 27.3 Å². The van der Waals surface area contributed by atoms with Gasteiger partial charge in [-0.25, -0.2) is 9.82 Å². The van der Waals surface area contributed by atoms with Crippen LogP contribution in [0.1, 0.15) is 28.8 Å². The molecule has 8 heteroatoms. The molecule has 30 heavy (non-hydrogen) atoms. The van der Waals surface area contributed by atoms with E-state index in [1.807, 2.05) is 0 Å². The highest BCUT2D eigenvalue weighted by molar-refractivity contribution is 5.95. The fourth-order valence-corrected chi connectivity index (χ4v) is 3.29. The molecule has 0 spiro atoms. The van der Waals surface area contributed by atoms with Gasteiger partial charge >= 0.3 is 0 Å². The minimum atomic E-state index is -0.406. The molecule has 158 valence electrons. The van der Waals surface area contributed by atoms with E-state index in [2.05, 4.69) is 10.5 Å². The van der Waals surface area contributed by atoms with Crippen molar-refractivity contribution in [1.29, 1.82) is 0 Å². The molecular formula is C22H24FN3O4. The molecule has 0 unspecified atom stereocenters. The number of piperidine rings is 1. The maximum atomic E-state index is 13.6. The Kier molecular flexibility index (Phi) is 7.00. The number of hydrazone groups is 1. The van der Waals surface area contributed by atoms with E-state index >= 15 is 0 Å². The van der Waals surface area contributed by atoms with Crippen molar-refractivity contribution in [2.45, 2.75) is 12.8 Å². The summed E-state index contributed by atoms with van der Waals surface area (Å²) in [5.74, 6) is 0.0453. The van der Waals surface area contributed by atoms with Crippen LogP contribution in [0.15, 0.2) is 47.6 Å². The Morgan fingerprint density at radius 1 is 1.10 bits per heavy atom. The average molecular weight is 413 g/mol. The molecule has 2 aromatic rings. The Hall–Kier alpha value is -3.42. The first-order valence-electron chi connectivity index (χ1n) is 9.61. The van der Waals surface area contributed by atoms with Crippen LogP contribution in [-0.2, 0) is 4.79 Å². The lowest BCUT2D eigenvalue weighted by Gasteiger charge is -2.31. The predicted molar refractivity (Wildman–Crippen MR) is 110 cm³/mol. The fraction of sp³-hybridized carbons (Fsp3) is 0.318. The predicted octanol–water partition coefficient (Wildman–Crippen LogP) is 2.85. The topological polar surface area (TPSA) is 80.2 Å². The number of nitrogens with one attached hydrogen (secondary N) is 1. The molecule has 1 saturated heterocycles. The van der Waals surface area contributed by atoms with E-state index in [-0.39, 0.29) is 17.7 Å². The molecule has 1 N–H and O–H groups in total. The van der Waals surface area contributed by atoms with Gasteiger partial charge in [0.1, 0.15) is 17.3 Å². The lowest BCUT2D eigenvalue weighted by Crippen LogP contribution is -2.42. The third kappa shape index (κ3) is 5.14. The number of likely N-dealkylation sites (tertiary alicyclic amines) is 1. The first kappa shape index (κ1) is 21.3. The van der Waals surface area contributed by atoms with E-state index in [9.17, 15) is 14.0 Å². The summed E-state index contributed by atoms with van der Waals surface area (Å²) in [6.45, 7) is 0.904. The van der Waals surface area contributed by atoms with E-state index in [1.54, 1.807) is 41.3 Å². The molecule has 1 heterocycles. The normalized spacial score (nSPS) is 14.6. The molecule has 1 fully saturated rings. The Balaban J connectivity index is 1.55. The molecule has 1 aliphatic heterocycles. The van der Waals surface area contributed by atoms with Gasteiger partial charge in [-0.15, -0.1) is 0 Å². The fourth-order valence-electron chi connectivity index (χ4n) is 3.29. The first-order valence-corrected chi connectivity index (χ1v) is 9.61. The van der Waals surface area contributed by atoms with Gasteiger partial charge in [0, 0.05) is 36.2 Å². The zero-order valence-corrected chi connectivity index (χ0v) is 16.9. The lowest BCUT2D eigenvalue weighted by atomic mass is 9.95. The highest BCUT2D eigenvalue weighted by Crippen LogP contribution is 2.25. The number of benzene rings is 2. The third-order valence-electron chi connectivity index (χ3n) is 5.03. The van der Waals surface area contributed by atoms with Crippen LogP contribution in [0.4, 0.5) is 4.39 Å².